The molecule has 5 rings (SSSR count). The van der Waals surface area contributed by atoms with E-state index in [4.69, 9.17) is 14.2 Å². The Balaban J connectivity index is 1.56. The van der Waals surface area contributed by atoms with Gasteiger partial charge in [0.15, 0.2) is 17.5 Å². The van der Waals surface area contributed by atoms with Crippen molar-refractivity contribution in [2.75, 3.05) is 20.3 Å². The molecule has 0 amide bonds. The largest absolute Gasteiger partial charge is 0.416 e. The molecule has 9 nitrogen and oxygen atoms in total. The first kappa shape index (κ1) is 34.6. The number of benzene rings is 2. The third kappa shape index (κ3) is 6.79. The quantitative estimate of drug-likeness (QED) is 0.228. The molecule has 0 saturated carbocycles. The van der Waals surface area contributed by atoms with E-state index in [0.717, 1.165) is 34.6 Å². The van der Waals surface area contributed by atoms with E-state index in [1.54, 1.807) is 13.8 Å². The van der Waals surface area contributed by atoms with Gasteiger partial charge in [-0.3, -0.25) is 0 Å². The van der Waals surface area contributed by atoms with Crippen LogP contribution in [-0.4, -0.2) is 85.6 Å². The van der Waals surface area contributed by atoms with Crippen LogP contribution in [0.4, 0.5) is 26.3 Å². The fourth-order valence-corrected chi connectivity index (χ4v) is 7.90. The van der Waals surface area contributed by atoms with Gasteiger partial charge in [0.25, 0.3) is 0 Å². The summed E-state index contributed by atoms with van der Waals surface area (Å²) in [4.78, 5) is 0. The van der Waals surface area contributed by atoms with Gasteiger partial charge in [-0.15, -0.1) is 16.9 Å². The van der Waals surface area contributed by atoms with Crippen molar-refractivity contribution in [2.45, 2.75) is 79.1 Å². The van der Waals surface area contributed by atoms with E-state index in [1.807, 2.05) is 0 Å². The predicted molar refractivity (Wildman–Crippen MR) is 153 cm³/mol. The molecular weight excluding hydrogens is 644 g/mol. The molecule has 3 aromatic rings. The number of hydrogen-bond acceptors (Lipinski definition) is 9. The number of methoxy groups -OCH3 is 1. The van der Waals surface area contributed by atoms with Gasteiger partial charge < -0.3 is 29.5 Å². The Hall–Kier alpha value is -2.73. The summed E-state index contributed by atoms with van der Waals surface area (Å²) in [7, 11) is 1.27. The summed E-state index contributed by atoms with van der Waals surface area (Å²) in [5.74, 6) is -4.58. The Morgan fingerprint density at radius 2 is 1.83 bits per heavy atom. The van der Waals surface area contributed by atoms with Gasteiger partial charge in [0, 0.05) is 25.5 Å². The monoisotopic (exact) mass is 677 g/mol. The number of nitrogens with zero attached hydrogens (tertiary/aromatic N) is 3. The van der Waals surface area contributed by atoms with E-state index in [9.17, 15) is 41.7 Å². The molecule has 3 heterocycles. The van der Waals surface area contributed by atoms with E-state index in [1.165, 1.54) is 31.5 Å². The highest BCUT2D eigenvalue weighted by atomic mass is 32.2. The number of thioether (sulfide) groups is 1. The maximum atomic E-state index is 14.3. The molecule has 2 saturated heterocycles. The van der Waals surface area contributed by atoms with E-state index >= 15 is 0 Å². The molecule has 16 heteroatoms. The molecule has 2 aromatic carbocycles. The summed E-state index contributed by atoms with van der Waals surface area (Å²) < 4.78 is 103. The Morgan fingerprint density at radius 3 is 2.43 bits per heavy atom. The number of halogens is 6. The zero-order valence-corrected chi connectivity index (χ0v) is 25.7. The first-order chi connectivity index (χ1) is 21.6. The highest BCUT2D eigenvalue weighted by molar-refractivity contribution is 8.00. The molecule has 0 aliphatic carbocycles. The van der Waals surface area contributed by atoms with Crippen molar-refractivity contribution in [3.63, 3.8) is 0 Å². The normalized spacial score (nSPS) is 29.1. The van der Waals surface area contributed by atoms with Gasteiger partial charge in [0.2, 0.25) is 0 Å². The smallest absolute Gasteiger partial charge is 0.394 e. The summed E-state index contributed by atoms with van der Waals surface area (Å²) in [5, 5.41) is 40.1. The average Bonchev–Trinajstić information content (AvgIpc) is 3.47. The van der Waals surface area contributed by atoms with Crippen LogP contribution in [0.25, 0.3) is 11.3 Å². The molecule has 2 fully saturated rings. The number of aliphatic hydroxyl groups is 3. The van der Waals surface area contributed by atoms with E-state index in [-0.39, 0.29) is 36.3 Å². The summed E-state index contributed by atoms with van der Waals surface area (Å²) in [5.41, 5.74) is -5.22. The van der Waals surface area contributed by atoms with Gasteiger partial charge in [-0.25, -0.2) is 17.9 Å². The number of aliphatic hydroxyl groups excluding tert-OH is 2. The topological polar surface area (TPSA) is 119 Å². The molecule has 7 atom stereocenters. The van der Waals surface area contributed by atoms with Gasteiger partial charge in [0.1, 0.15) is 35.5 Å². The Bertz CT molecular complexity index is 1520. The van der Waals surface area contributed by atoms with Crippen molar-refractivity contribution in [1.82, 2.24) is 15.0 Å². The summed E-state index contributed by atoms with van der Waals surface area (Å²) in [6, 6.07) is 5.13. The molecule has 46 heavy (non-hydrogen) atoms. The lowest BCUT2D eigenvalue weighted by atomic mass is 9.79. The fraction of sp³-hybridized carbons (Fsp3) is 0.533. The van der Waals surface area contributed by atoms with E-state index in [2.05, 4.69) is 10.3 Å². The Kier molecular flexibility index (Phi) is 9.82. The molecule has 1 aromatic heterocycles. The molecule has 252 valence electrons. The SMILES string of the molecule is CO[C@@H]1[C@@H](n2cc(-c3cc(F)c(F)c(F)c3)nn2)[C@@H](O)[C@@H](CO)O[C@H]1SC(c1ccccc1C(F)(F)F)[C@@]1(O)CCOC(C)(C)C1. The molecule has 2 aliphatic heterocycles. The molecule has 0 bridgehead atoms. The van der Waals surface area contributed by atoms with Crippen LogP contribution >= 0.6 is 11.8 Å². The number of alkyl halides is 3. The summed E-state index contributed by atoms with van der Waals surface area (Å²) in [6.45, 7) is 2.80. The summed E-state index contributed by atoms with van der Waals surface area (Å²) in [6.07, 6.45) is -7.54. The van der Waals surface area contributed by atoms with Crippen LogP contribution in [0.5, 0.6) is 0 Å². The maximum absolute atomic E-state index is 14.3. The lowest BCUT2D eigenvalue weighted by Gasteiger charge is -2.49. The molecule has 3 N–H and O–H groups in total. The van der Waals surface area contributed by atoms with Crippen LogP contribution in [0, 0.1) is 17.5 Å². The lowest BCUT2D eigenvalue weighted by Crippen LogP contribution is -2.56. The second-order valence-electron chi connectivity index (χ2n) is 12.0. The Morgan fingerprint density at radius 1 is 1.15 bits per heavy atom. The maximum Gasteiger partial charge on any atom is 0.416 e. The van der Waals surface area contributed by atoms with Crippen LogP contribution in [0.15, 0.2) is 42.6 Å². The molecule has 0 radical (unpaired) electrons. The molecule has 2 aliphatic rings. The summed E-state index contributed by atoms with van der Waals surface area (Å²) >= 11 is 0.839. The van der Waals surface area contributed by atoms with E-state index < -0.39 is 82.0 Å². The third-order valence-electron chi connectivity index (χ3n) is 8.26. The molecule has 1 unspecified atom stereocenters. The number of aromatic nitrogens is 3. The minimum Gasteiger partial charge on any atom is -0.394 e. The van der Waals surface area contributed by atoms with Crippen LogP contribution in [-0.2, 0) is 20.4 Å². The second kappa shape index (κ2) is 13.1. The predicted octanol–water partition coefficient (Wildman–Crippen LogP) is 4.81. The zero-order valence-electron chi connectivity index (χ0n) is 24.9. The Labute approximate surface area is 264 Å². The molecular formula is C30H33F6N3O6S. The van der Waals surface area contributed by atoms with Crippen LogP contribution < -0.4 is 0 Å². The number of ether oxygens (including phenoxy) is 3. The number of rotatable bonds is 8. The van der Waals surface area contributed by atoms with Crippen molar-refractivity contribution in [2.24, 2.45) is 0 Å². The van der Waals surface area contributed by atoms with Crippen molar-refractivity contribution in [3.8, 4) is 11.3 Å². The van der Waals surface area contributed by atoms with Crippen LogP contribution in [0.3, 0.4) is 0 Å². The zero-order chi connectivity index (χ0) is 33.6. The first-order valence-corrected chi connectivity index (χ1v) is 15.2. The van der Waals surface area contributed by atoms with Crippen molar-refractivity contribution in [3.05, 3.63) is 71.2 Å². The fourth-order valence-electron chi connectivity index (χ4n) is 6.19. The van der Waals surface area contributed by atoms with Crippen LogP contribution in [0.2, 0.25) is 0 Å². The second-order valence-corrected chi connectivity index (χ2v) is 13.2. The van der Waals surface area contributed by atoms with Gasteiger partial charge >= 0.3 is 6.18 Å². The van der Waals surface area contributed by atoms with Gasteiger partial charge in [-0.05, 0) is 37.6 Å². The minimum absolute atomic E-state index is 0.00261. The van der Waals surface area contributed by atoms with Crippen molar-refractivity contribution in [1.29, 1.82) is 0 Å². The standard InChI is InChI=1S/C30H33F6N3O6S/c1-28(2)14-29(42,8-9-44-28)26(16-6-4-5-7-17(16)30(34,35)36)46-27-25(43-3)23(24(41)21(13-40)45-27)39-12-20(37-38-39)15-10-18(31)22(33)19(32)11-15/h4-7,10-12,21,23-27,40-42H,8-9,13-14H2,1-3H3/t21-,23+,24+,25-,26?,27+,29-/m1/s1. The van der Waals surface area contributed by atoms with E-state index in [0.29, 0.717) is 0 Å². The van der Waals surface area contributed by atoms with Gasteiger partial charge in [-0.1, -0.05) is 23.4 Å². The first-order valence-electron chi connectivity index (χ1n) is 14.3. The van der Waals surface area contributed by atoms with Crippen LogP contribution in [0.1, 0.15) is 49.1 Å². The highest BCUT2D eigenvalue weighted by Gasteiger charge is 2.53. The number of hydrogen-bond donors (Lipinski definition) is 3. The van der Waals surface area contributed by atoms with Gasteiger partial charge in [0.05, 0.1) is 41.4 Å². The van der Waals surface area contributed by atoms with Crippen molar-refractivity contribution < 1.29 is 55.9 Å². The average molecular weight is 678 g/mol. The minimum atomic E-state index is -4.76. The highest BCUT2D eigenvalue weighted by Crippen LogP contribution is 2.53. The third-order valence-corrected chi connectivity index (χ3v) is 9.87. The lowest BCUT2D eigenvalue weighted by molar-refractivity contribution is -0.187. The van der Waals surface area contributed by atoms with Gasteiger partial charge in [-0.2, -0.15) is 13.2 Å². The van der Waals surface area contributed by atoms with Crippen molar-refractivity contribution >= 4 is 11.8 Å². The molecule has 0 spiro atoms.